The van der Waals surface area contributed by atoms with Gasteiger partial charge in [0.15, 0.2) is 76.6 Å². The summed E-state index contributed by atoms with van der Waals surface area (Å²) in [4.78, 5) is 217. The Hall–Kier alpha value is -11.2. The summed E-state index contributed by atoms with van der Waals surface area (Å²) in [7, 11) is 0. The molecule has 0 aromatic carbocycles. The van der Waals surface area contributed by atoms with Crippen LogP contribution < -0.4 is 135 Å². The number of nitrogens with two attached hydrogens (primary N) is 18. The molecule has 7 amide bonds. The van der Waals surface area contributed by atoms with Crippen LogP contribution in [0, 0.1) is 40.9 Å². The number of ketones is 6. The molecule has 0 aliphatic carbocycles. The van der Waals surface area contributed by atoms with Crippen molar-refractivity contribution in [2.75, 3.05) is 71.2 Å². The van der Waals surface area contributed by atoms with E-state index in [4.69, 9.17) is 103 Å². The summed E-state index contributed by atoms with van der Waals surface area (Å²) >= 11 is 4.34. The van der Waals surface area contributed by atoms with E-state index in [1.165, 1.54) is 0 Å². The van der Waals surface area contributed by atoms with Crippen molar-refractivity contribution in [3.63, 3.8) is 0 Å². The number of Topliss-reactive ketones (excluding diaryl/α,β-unsaturated/α-hetero) is 6. The van der Waals surface area contributed by atoms with Gasteiger partial charge in [0.05, 0.1) is 36.6 Å². The molecule has 0 fully saturated rings. The minimum Gasteiger partial charge on any atom is -0.370 e. The maximum atomic E-state index is 15.2. The molecule has 0 aromatic heterocycles. The Morgan fingerprint density at radius 3 is 0.782 bits per heavy atom. The van der Waals surface area contributed by atoms with Crippen LogP contribution in [0.2, 0.25) is 0 Å². The van der Waals surface area contributed by atoms with Gasteiger partial charge in [-0.3, -0.25) is 102 Å². The zero-order valence-electron chi connectivity index (χ0n) is 69.5. The van der Waals surface area contributed by atoms with Gasteiger partial charge in [-0.05, 0) is 129 Å². The predicted molar refractivity (Wildman–Crippen MR) is 462 cm³/mol. The van der Waals surface area contributed by atoms with Gasteiger partial charge in [-0.15, -0.1) is 0 Å². The van der Waals surface area contributed by atoms with Crippen LogP contribution in [0.15, 0.2) is 39.9 Å². The topological polar surface area (TPSA) is 861 Å². The Bertz CT molecular complexity index is 3500. The van der Waals surface area contributed by atoms with Crippen LogP contribution in [-0.2, 0) is 62.3 Å². The van der Waals surface area contributed by atoms with Gasteiger partial charge in [-0.2, -0.15) is 12.6 Å². The van der Waals surface area contributed by atoms with E-state index in [0.29, 0.717) is 19.4 Å². The van der Waals surface area contributed by atoms with Gasteiger partial charge in [0.2, 0.25) is 41.4 Å². The average Bonchev–Trinajstić information content (AvgIpc) is 0.859. The number of unbranched alkanes of at least 4 members (excludes halogenated alkanes) is 1. The van der Waals surface area contributed by atoms with Gasteiger partial charge < -0.3 is 135 Å². The van der Waals surface area contributed by atoms with Crippen LogP contribution in [0.3, 0.4) is 0 Å². The number of thiol groups is 1. The molecule has 674 valence electrons. The summed E-state index contributed by atoms with van der Waals surface area (Å²) in [6, 6.07) is -6.66. The maximum absolute atomic E-state index is 15.2. The van der Waals surface area contributed by atoms with Crippen molar-refractivity contribution < 1.29 is 62.3 Å². The smallest absolute Gasteiger partial charge is 0.239 e. The number of amides is 7. The fourth-order valence-corrected chi connectivity index (χ4v) is 12.4. The van der Waals surface area contributed by atoms with Gasteiger partial charge in [0.1, 0.15) is 11.8 Å². The molecule has 0 saturated heterocycles. The molecule has 0 radical (unpaired) electrons. The Morgan fingerprint density at radius 2 is 0.538 bits per heavy atom. The second-order valence-electron chi connectivity index (χ2n) is 30.2. The molecular weight excluding hydrogens is 1570 g/mol. The SMILES string of the molecule is C[C@H](CC(=O)C(C)(C)C)C(=O)NCC(=O)C[C@H](CCCN=C(N)N)C(=O)N[C@H](CCCN=C(N)N)C(=O)C[C@H](CCCN=C(N)N)C(=O)N[C@H](CCCN=C(N)N)C(=O)C[C@H](CCCN=C(N)N)C(=O)N[C@H](CCCN=C(N)N)C(=O)C[C@H](CCCN=C(N)N)C(=O)N[C@H](CCCN=C(N)N)C(=O)C[C@H](CS)C(=O)N[C@H](CCCCN)C(N)=O. The molecule has 0 unspecified atom stereocenters. The van der Waals surface area contributed by atoms with Gasteiger partial charge in [-0.1, -0.05) is 27.7 Å². The highest BCUT2D eigenvalue weighted by Gasteiger charge is 2.37. The molecule has 119 heavy (non-hydrogen) atoms. The van der Waals surface area contributed by atoms with Crippen LogP contribution in [0.5, 0.6) is 0 Å². The third-order valence-corrected chi connectivity index (χ3v) is 19.2. The maximum Gasteiger partial charge on any atom is 0.239 e. The molecular formula is C73H138N32O13S. The van der Waals surface area contributed by atoms with Crippen molar-refractivity contribution >= 4 is 136 Å². The van der Waals surface area contributed by atoms with Crippen molar-refractivity contribution in [3.05, 3.63) is 0 Å². The number of nitrogens with one attached hydrogen (secondary N) is 6. The lowest BCUT2D eigenvalue weighted by molar-refractivity contribution is -0.136. The Labute approximate surface area is 701 Å². The summed E-state index contributed by atoms with van der Waals surface area (Å²) in [5.74, 6) is -18.1. The first kappa shape index (κ1) is 108. The van der Waals surface area contributed by atoms with E-state index >= 15 is 19.2 Å². The highest BCUT2D eigenvalue weighted by Crippen LogP contribution is 2.25. The van der Waals surface area contributed by atoms with Crippen LogP contribution in [0.4, 0.5) is 0 Å². The molecule has 0 rings (SSSR count). The van der Waals surface area contributed by atoms with Gasteiger partial charge >= 0.3 is 0 Å². The molecule has 0 heterocycles. The Morgan fingerprint density at radius 1 is 0.303 bits per heavy atom. The van der Waals surface area contributed by atoms with Gasteiger partial charge in [0.25, 0.3) is 0 Å². The number of guanidine groups is 8. The molecule has 46 heteroatoms. The molecule has 0 spiro atoms. The van der Waals surface area contributed by atoms with E-state index < -0.39 is 180 Å². The fraction of sp³-hybridized carbons (Fsp3) is 0.712. The lowest BCUT2D eigenvalue weighted by Gasteiger charge is -2.27. The van der Waals surface area contributed by atoms with Gasteiger partial charge in [-0.25, -0.2) is 0 Å². The van der Waals surface area contributed by atoms with E-state index in [2.05, 4.69) is 84.5 Å². The standard InChI is InChI=1S/C73H138N32O13S/c1-41(33-57(111)73(2,3)4)59(113)100-39-47(106)34-42(15-7-25-92-65(76)77)60(114)101-48(20-11-29-96-69(84)85)53(107)35-43(16-8-26-93-66(78)79)61(115)102-49(21-12-30-97-70(86)87)54(108)36-44(17-9-27-94-67(80)81)62(116)103-50(22-13-31-98-71(88)89)55(109)37-45(18-10-28-95-68(82)83)63(117)104-51(23-14-32-99-72(90)91)56(110)38-46(40-119)64(118)105-52(58(75)112)19-5-6-24-74/h41-46,48-52,119H,5-40,74H2,1-4H3,(H2,75,112)(H,100,113)(H,101,114)(H,102,115)(H,103,116)(H,104,117)(H,105,118)(H4,76,77,92)(H4,78,79,93)(H4,80,81,94)(H4,82,83,95)(H4,84,85,96)(H4,86,87,97)(H4,88,89,98)(H4,90,91,99)/t41-,42+,43+,44+,45+,46-,48-,49-,50-,51-,52-/m1/s1. The number of carbonyl (C=O) groups excluding carboxylic acids is 13. The van der Waals surface area contributed by atoms with E-state index in [1.54, 1.807) is 27.7 Å². The third-order valence-electron chi connectivity index (χ3n) is 18.8. The van der Waals surface area contributed by atoms with Crippen LogP contribution in [-0.4, -0.2) is 225 Å². The Balaban J connectivity index is 8.05. The zero-order chi connectivity index (χ0) is 90.3. The van der Waals surface area contributed by atoms with Gasteiger partial charge in [0, 0.05) is 132 Å². The van der Waals surface area contributed by atoms with Crippen molar-refractivity contribution in [1.82, 2.24) is 31.9 Å². The summed E-state index contributed by atoms with van der Waals surface area (Å²) in [6.45, 7) is 6.37. The zero-order valence-corrected chi connectivity index (χ0v) is 70.4. The molecule has 0 saturated carbocycles. The number of hydrogen-bond acceptors (Lipinski definition) is 23. The largest absolute Gasteiger partial charge is 0.370 e. The predicted octanol–water partition coefficient (Wildman–Crippen LogP) is -6.98. The van der Waals surface area contributed by atoms with Crippen LogP contribution in [0.25, 0.3) is 0 Å². The Kier molecular flexibility index (Phi) is 54.6. The molecule has 0 aliphatic rings. The second kappa shape index (κ2) is 60.3. The van der Waals surface area contributed by atoms with Crippen LogP contribution >= 0.6 is 12.6 Å². The first-order valence-electron chi connectivity index (χ1n) is 39.9. The summed E-state index contributed by atoms with van der Waals surface area (Å²) in [6.07, 6.45) is -1.65. The molecule has 0 aromatic rings. The van der Waals surface area contributed by atoms with E-state index in [0.717, 1.165) is 0 Å². The van der Waals surface area contributed by atoms with Crippen molar-refractivity contribution in [1.29, 1.82) is 0 Å². The number of carbonyl (C=O) groups is 13. The van der Waals surface area contributed by atoms with E-state index in [-0.39, 0.29) is 227 Å². The number of hydrogen-bond donors (Lipinski definition) is 25. The highest BCUT2D eigenvalue weighted by atomic mass is 32.1. The van der Waals surface area contributed by atoms with Crippen molar-refractivity contribution in [2.45, 2.75) is 218 Å². The van der Waals surface area contributed by atoms with Crippen molar-refractivity contribution in [3.8, 4) is 0 Å². The normalized spacial score (nSPS) is 13.8. The number of nitrogens with zero attached hydrogens (tertiary/aromatic N) is 8. The summed E-state index contributed by atoms with van der Waals surface area (Å²) in [5.41, 5.74) is 101. The minimum atomic E-state index is -1.45. The number of aliphatic imine (C=N–C) groups is 8. The lowest BCUT2D eigenvalue weighted by Crippen LogP contribution is -2.49. The molecule has 0 aliphatic heterocycles. The summed E-state index contributed by atoms with van der Waals surface area (Å²) < 4.78 is 0. The molecule has 42 N–H and O–H groups in total. The number of primary amides is 1. The highest BCUT2D eigenvalue weighted by molar-refractivity contribution is 7.80. The molecule has 0 bridgehead atoms. The second-order valence-corrected chi connectivity index (χ2v) is 30.5. The molecule has 11 atom stereocenters. The van der Waals surface area contributed by atoms with E-state index in [1.807, 2.05) is 0 Å². The monoisotopic (exact) mass is 1700 g/mol. The number of rotatable bonds is 67. The van der Waals surface area contributed by atoms with Crippen molar-refractivity contribution in [2.24, 2.45) is 184 Å². The average molecular weight is 1700 g/mol. The molecule has 45 nitrogen and oxygen atoms in total. The first-order valence-corrected chi connectivity index (χ1v) is 40.5. The fourth-order valence-electron chi connectivity index (χ4n) is 12.1. The third kappa shape index (κ3) is 51.6. The lowest BCUT2D eigenvalue weighted by atomic mass is 9.85. The minimum absolute atomic E-state index is 0.00816. The first-order chi connectivity index (χ1) is 55.9. The van der Waals surface area contributed by atoms with E-state index in [9.17, 15) is 43.2 Å². The van der Waals surface area contributed by atoms with Crippen LogP contribution in [0.1, 0.15) is 188 Å². The quantitative estimate of drug-likeness (QED) is 0.0116. The summed E-state index contributed by atoms with van der Waals surface area (Å²) in [5, 5.41) is 16.3.